The van der Waals surface area contributed by atoms with E-state index in [-0.39, 0.29) is 11.9 Å². The Balaban J connectivity index is 0.000000926. The molecule has 1 aromatic carbocycles. The number of carbonyl (C=O) groups is 1. The number of fused-ring (bicyclic) bond motifs is 1. The molecule has 1 unspecified atom stereocenters. The van der Waals surface area contributed by atoms with Crippen molar-refractivity contribution in [1.82, 2.24) is 15.1 Å². The third kappa shape index (κ3) is 8.39. The van der Waals surface area contributed by atoms with Gasteiger partial charge in [-0.2, -0.15) is 5.26 Å². The summed E-state index contributed by atoms with van der Waals surface area (Å²) in [6, 6.07) is 11.3. The number of hydrogen-bond acceptors (Lipinski definition) is 4. The Hall–Kier alpha value is -2.86. The Kier molecular flexibility index (Phi) is 13.7. The van der Waals surface area contributed by atoms with Crippen LogP contribution < -0.4 is 5.32 Å². The van der Waals surface area contributed by atoms with Gasteiger partial charge in [-0.3, -0.25) is 9.69 Å². The Morgan fingerprint density at radius 2 is 1.86 bits per heavy atom. The van der Waals surface area contributed by atoms with Gasteiger partial charge >= 0.3 is 0 Å². The third-order valence-electron chi connectivity index (χ3n) is 6.79. The Morgan fingerprint density at radius 1 is 1.23 bits per heavy atom. The van der Waals surface area contributed by atoms with Gasteiger partial charge in [0, 0.05) is 25.7 Å². The first-order valence-corrected chi connectivity index (χ1v) is 12.7. The molecule has 3 rings (SSSR count). The zero-order valence-corrected chi connectivity index (χ0v) is 22.6. The summed E-state index contributed by atoms with van der Waals surface area (Å²) < 4.78 is 0. The van der Waals surface area contributed by atoms with Crippen LogP contribution in [0.3, 0.4) is 0 Å². The first-order valence-electron chi connectivity index (χ1n) is 12.7. The number of benzene rings is 1. The largest absolute Gasteiger partial charge is 0.326 e. The molecule has 0 saturated carbocycles. The number of terminal acetylenes is 1. The monoisotopic (exact) mass is 476 g/mol. The molecule has 1 N–H and O–H groups in total. The molecule has 0 radical (unpaired) electrons. The minimum absolute atomic E-state index is 0.0195. The first kappa shape index (κ1) is 30.2. The molecule has 1 heterocycles. The predicted molar refractivity (Wildman–Crippen MR) is 147 cm³/mol. The van der Waals surface area contributed by atoms with Crippen molar-refractivity contribution < 1.29 is 4.79 Å². The predicted octanol–water partition coefficient (Wildman–Crippen LogP) is 5.27. The van der Waals surface area contributed by atoms with Crippen LogP contribution in [0.15, 0.2) is 47.6 Å². The summed E-state index contributed by atoms with van der Waals surface area (Å²) in [6.07, 6.45) is 15.1. The molecule has 1 aromatic rings. The Bertz CT molecular complexity index is 914. The van der Waals surface area contributed by atoms with Crippen LogP contribution in [0.25, 0.3) is 0 Å². The van der Waals surface area contributed by atoms with E-state index in [1.807, 2.05) is 32.9 Å². The molecule has 35 heavy (non-hydrogen) atoms. The lowest BCUT2D eigenvalue weighted by molar-refractivity contribution is -0.131. The molecular formula is C30H44N4O. The molecule has 5 heteroatoms. The number of nitrogens with zero attached hydrogens (tertiary/aromatic N) is 3. The average Bonchev–Trinajstić information content (AvgIpc) is 2.99. The van der Waals surface area contributed by atoms with Crippen molar-refractivity contribution in [1.29, 1.82) is 5.26 Å². The quantitative estimate of drug-likeness (QED) is 0.430. The SMILES string of the molecule is C#C.C/C=C\C.CCCN(C(=O)CNC1CN(C2C(C)=C(C)CCc3ccccc32)C1)[C@@H](C)C#N. The van der Waals surface area contributed by atoms with E-state index in [0.717, 1.165) is 32.4 Å². The number of nitriles is 1. The van der Waals surface area contributed by atoms with Gasteiger partial charge in [0.25, 0.3) is 0 Å². The minimum Gasteiger partial charge on any atom is -0.326 e. The van der Waals surface area contributed by atoms with Crippen LogP contribution >= 0.6 is 0 Å². The molecule has 0 aromatic heterocycles. The normalized spacial score (nSPS) is 18.5. The molecule has 0 bridgehead atoms. The van der Waals surface area contributed by atoms with Crippen molar-refractivity contribution in [2.75, 3.05) is 26.2 Å². The highest BCUT2D eigenvalue weighted by molar-refractivity contribution is 5.79. The number of rotatable bonds is 7. The van der Waals surface area contributed by atoms with E-state index in [2.05, 4.69) is 67.2 Å². The molecule has 1 amide bonds. The van der Waals surface area contributed by atoms with E-state index < -0.39 is 0 Å². The van der Waals surface area contributed by atoms with Crippen LogP contribution in [0.2, 0.25) is 0 Å². The molecule has 0 spiro atoms. The molecule has 1 fully saturated rings. The molecular weight excluding hydrogens is 432 g/mol. The van der Waals surface area contributed by atoms with Gasteiger partial charge in [0.15, 0.2) is 0 Å². The zero-order chi connectivity index (χ0) is 26.4. The molecule has 190 valence electrons. The van der Waals surface area contributed by atoms with Crippen molar-refractivity contribution in [2.45, 2.75) is 78.9 Å². The molecule has 5 nitrogen and oxygen atoms in total. The maximum absolute atomic E-state index is 12.6. The van der Waals surface area contributed by atoms with Gasteiger partial charge in [0.05, 0.1) is 18.7 Å². The second-order valence-corrected chi connectivity index (χ2v) is 9.16. The summed E-state index contributed by atoms with van der Waals surface area (Å²) in [5.74, 6) is 0.0195. The number of likely N-dealkylation sites (tertiary alicyclic amines) is 1. The van der Waals surface area contributed by atoms with Gasteiger partial charge in [-0.05, 0) is 65.0 Å². The smallest absolute Gasteiger partial charge is 0.237 e. The van der Waals surface area contributed by atoms with Crippen LogP contribution in [0, 0.1) is 24.2 Å². The molecule has 2 aliphatic rings. The van der Waals surface area contributed by atoms with Gasteiger partial charge in [0.1, 0.15) is 6.04 Å². The van der Waals surface area contributed by atoms with Crippen LogP contribution in [0.1, 0.15) is 71.6 Å². The highest BCUT2D eigenvalue weighted by Gasteiger charge is 2.36. The van der Waals surface area contributed by atoms with Crippen molar-refractivity contribution in [3.05, 3.63) is 58.7 Å². The summed E-state index contributed by atoms with van der Waals surface area (Å²) in [6.45, 7) is 15.2. The summed E-state index contributed by atoms with van der Waals surface area (Å²) in [4.78, 5) is 16.8. The molecule has 1 aliphatic heterocycles. The number of carbonyl (C=O) groups excluding carboxylic acids is 1. The second-order valence-electron chi connectivity index (χ2n) is 9.16. The van der Waals surface area contributed by atoms with E-state index in [9.17, 15) is 4.79 Å². The molecule has 2 atom stereocenters. The molecule has 1 aliphatic carbocycles. The van der Waals surface area contributed by atoms with Gasteiger partial charge in [-0.25, -0.2) is 0 Å². The lowest BCUT2D eigenvalue weighted by atomic mass is 9.91. The summed E-state index contributed by atoms with van der Waals surface area (Å²) in [7, 11) is 0. The summed E-state index contributed by atoms with van der Waals surface area (Å²) in [5, 5.41) is 12.6. The summed E-state index contributed by atoms with van der Waals surface area (Å²) >= 11 is 0. The van der Waals surface area contributed by atoms with Gasteiger partial charge in [-0.15, -0.1) is 12.8 Å². The number of nitrogens with one attached hydrogen (secondary N) is 1. The summed E-state index contributed by atoms with van der Waals surface area (Å²) in [5.41, 5.74) is 5.87. The fraction of sp³-hybridized carbons (Fsp3) is 0.533. The first-order chi connectivity index (χ1) is 16.9. The van der Waals surface area contributed by atoms with Crippen LogP contribution in [0.5, 0.6) is 0 Å². The van der Waals surface area contributed by atoms with E-state index in [1.54, 1.807) is 11.8 Å². The topological polar surface area (TPSA) is 59.4 Å². The van der Waals surface area contributed by atoms with Crippen molar-refractivity contribution in [3.8, 4) is 18.9 Å². The van der Waals surface area contributed by atoms with Crippen LogP contribution in [-0.4, -0.2) is 54.0 Å². The fourth-order valence-electron chi connectivity index (χ4n) is 4.52. The van der Waals surface area contributed by atoms with Gasteiger partial charge in [-0.1, -0.05) is 54.5 Å². The Morgan fingerprint density at radius 3 is 2.43 bits per heavy atom. The van der Waals surface area contributed by atoms with Crippen LogP contribution in [-0.2, 0) is 11.2 Å². The van der Waals surface area contributed by atoms with Crippen molar-refractivity contribution in [3.63, 3.8) is 0 Å². The van der Waals surface area contributed by atoms with Crippen molar-refractivity contribution >= 4 is 5.91 Å². The molecule has 1 saturated heterocycles. The van der Waals surface area contributed by atoms with E-state index in [0.29, 0.717) is 25.2 Å². The number of aryl methyl sites for hydroxylation is 1. The van der Waals surface area contributed by atoms with E-state index >= 15 is 0 Å². The van der Waals surface area contributed by atoms with Gasteiger partial charge < -0.3 is 10.2 Å². The minimum atomic E-state index is -0.375. The lowest BCUT2D eigenvalue weighted by Crippen LogP contribution is -2.60. The van der Waals surface area contributed by atoms with E-state index in [4.69, 9.17) is 5.26 Å². The second kappa shape index (κ2) is 15.9. The fourth-order valence-corrected chi connectivity index (χ4v) is 4.52. The maximum Gasteiger partial charge on any atom is 0.237 e. The highest BCUT2D eigenvalue weighted by atomic mass is 16.2. The van der Waals surface area contributed by atoms with E-state index in [1.165, 1.54) is 22.3 Å². The van der Waals surface area contributed by atoms with Crippen molar-refractivity contribution in [2.24, 2.45) is 0 Å². The maximum atomic E-state index is 12.6. The number of hydrogen-bond donors (Lipinski definition) is 1. The number of amides is 1. The van der Waals surface area contributed by atoms with Gasteiger partial charge in [0.2, 0.25) is 5.91 Å². The number of allylic oxidation sites excluding steroid dienone is 3. The standard InChI is InChI=1S/C24H34N4O.C4H8.C2H2/c1-5-12-28(18(3)13-25)23(29)14-26-21-15-27(16-21)24-19(4)17(2)10-11-20-8-6-7-9-22(20)24;1-3-4-2;1-2/h6-9,18,21,24,26H,5,10-12,14-16H2,1-4H3;3-4H,1-2H3;1-2H/b;4-3-;/t18-,24?;;/m0../s1. The highest BCUT2D eigenvalue weighted by Crippen LogP contribution is 2.39. The third-order valence-corrected chi connectivity index (χ3v) is 6.79. The van der Waals surface area contributed by atoms with Crippen LogP contribution in [0.4, 0.5) is 0 Å². The zero-order valence-electron chi connectivity index (χ0n) is 22.6. The lowest BCUT2D eigenvalue weighted by Gasteiger charge is -2.46. The Labute approximate surface area is 213 Å². The average molecular weight is 477 g/mol.